The first kappa shape index (κ1) is 13.3. The van der Waals surface area contributed by atoms with Gasteiger partial charge in [0.2, 0.25) is 0 Å². The number of nitrogens with zero attached hydrogens (tertiary/aromatic N) is 2. The van der Waals surface area contributed by atoms with Crippen LogP contribution in [0.5, 0.6) is 5.75 Å². The van der Waals surface area contributed by atoms with Crippen LogP contribution in [0, 0.1) is 0 Å². The smallest absolute Gasteiger partial charge is 0.129 e. The van der Waals surface area contributed by atoms with Gasteiger partial charge in [0, 0.05) is 16.8 Å². The molecule has 0 saturated carbocycles. The summed E-state index contributed by atoms with van der Waals surface area (Å²) in [4.78, 5) is 4.54. The average Bonchev–Trinajstić information content (AvgIpc) is 2.84. The van der Waals surface area contributed by atoms with Crippen LogP contribution in [0.2, 0.25) is 5.02 Å². The Bertz CT molecular complexity index is 768. The Morgan fingerprint density at radius 3 is 2.75 bits per heavy atom. The molecule has 2 aromatic carbocycles. The van der Waals surface area contributed by atoms with Gasteiger partial charge in [-0.3, -0.25) is 4.57 Å². The Morgan fingerprint density at radius 2 is 2.05 bits per heavy atom. The molecular formula is C15H12Cl2N2O. The second-order valence-corrected chi connectivity index (χ2v) is 5.04. The number of rotatable bonds is 3. The lowest BCUT2D eigenvalue weighted by Crippen LogP contribution is -1.99. The van der Waals surface area contributed by atoms with Crippen molar-refractivity contribution < 1.29 is 4.74 Å². The Morgan fingerprint density at radius 1 is 1.20 bits per heavy atom. The second-order valence-electron chi connectivity index (χ2n) is 4.33. The summed E-state index contributed by atoms with van der Waals surface area (Å²) in [5, 5.41) is 0.674. The maximum atomic E-state index is 6.08. The maximum Gasteiger partial charge on any atom is 0.129 e. The predicted molar refractivity (Wildman–Crippen MR) is 82.2 cm³/mol. The van der Waals surface area contributed by atoms with E-state index in [9.17, 15) is 0 Å². The van der Waals surface area contributed by atoms with Gasteiger partial charge in [-0.15, -0.1) is 11.6 Å². The van der Waals surface area contributed by atoms with Crippen LogP contribution in [-0.2, 0) is 5.88 Å². The van der Waals surface area contributed by atoms with Crippen molar-refractivity contribution in [3.05, 3.63) is 53.3 Å². The van der Waals surface area contributed by atoms with Gasteiger partial charge in [-0.05, 0) is 30.3 Å². The average molecular weight is 307 g/mol. The standard InChI is InChI=1S/C15H12Cl2N2O/c1-20-12-5-6-13-14(8-12)19(15(9-16)18-13)11-4-2-3-10(17)7-11/h2-8H,9H2,1H3. The molecule has 3 rings (SSSR count). The molecule has 102 valence electrons. The van der Waals surface area contributed by atoms with Gasteiger partial charge in [0.15, 0.2) is 0 Å². The fourth-order valence-electron chi connectivity index (χ4n) is 2.22. The number of halogens is 2. The van der Waals surface area contributed by atoms with Crippen molar-refractivity contribution in [1.29, 1.82) is 0 Å². The Hall–Kier alpha value is -1.71. The molecule has 0 aliphatic heterocycles. The molecular weight excluding hydrogens is 295 g/mol. The zero-order chi connectivity index (χ0) is 14.1. The number of benzene rings is 2. The van der Waals surface area contributed by atoms with Crippen LogP contribution in [0.1, 0.15) is 5.82 Å². The molecule has 0 amide bonds. The summed E-state index contributed by atoms with van der Waals surface area (Å²) in [6, 6.07) is 13.4. The molecule has 1 heterocycles. The van der Waals surface area contributed by atoms with Crippen molar-refractivity contribution in [2.75, 3.05) is 7.11 Å². The van der Waals surface area contributed by atoms with Crippen molar-refractivity contribution in [2.45, 2.75) is 5.88 Å². The summed E-state index contributed by atoms with van der Waals surface area (Å²) in [5.41, 5.74) is 2.76. The van der Waals surface area contributed by atoms with E-state index < -0.39 is 0 Å². The Balaban J connectivity index is 2.31. The van der Waals surface area contributed by atoms with Gasteiger partial charge in [0.1, 0.15) is 11.6 Å². The van der Waals surface area contributed by atoms with E-state index in [0.717, 1.165) is 28.3 Å². The second kappa shape index (κ2) is 5.35. The SMILES string of the molecule is COc1ccc2nc(CCl)n(-c3cccc(Cl)c3)c2c1. The molecule has 5 heteroatoms. The predicted octanol–water partition coefficient (Wildman–Crippen LogP) is 4.43. The van der Waals surface area contributed by atoms with E-state index in [-0.39, 0.29) is 0 Å². The lowest BCUT2D eigenvalue weighted by atomic mass is 10.2. The van der Waals surface area contributed by atoms with Crippen LogP contribution >= 0.6 is 23.2 Å². The summed E-state index contributed by atoms with van der Waals surface area (Å²) in [5.74, 6) is 1.88. The lowest BCUT2D eigenvalue weighted by Gasteiger charge is -2.08. The molecule has 0 radical (unpaired) electrons. The molecule has 3 nitrogen and oxygen atoms in total. The summed E-state index contributed by atoms with van der Waals surface area (Å²) in [6.07, 6.45) is 0. The van der Waals surface area contributed by atoms with Crippen LogP contribution in [0.3, 0.4) is 0 Å². The number of imidazole rings is 1. The van der Waals surface area contributed by atoms with E-state index in [0.29, 0.717) is 10.9 Å². The number of methoxy groups -OCH3 is 1. The minimum atomic E-state index is 0.323. The highest BCUT2D eigenvalue weighted by Gasteiger charge is 2.12. The number of hydrogen-bond donors (Lipinski definition) is 0. The molecule has 0 fully saturated rings. The highest BCUT2D eigenvalue weighted by atomic mass is 35.5. The number of hydrogen-bond acceptors (Lipinski definition) is 2. The summed E-state index contributed by atoms with van der Waals surface area (Å²) >= 11 is 12.1. The van der Waals surface area contributed by atoms with E-state index in [4.69, 9.17) is 27.9 Å². The van der Waals surface area contributed by atoms with Crippen LogP contribution < -0.4 is 4.74 Å². The summed E-state index contributed by atoms with van der Waals surface area (Å²) in [7, 11) is 1.64. The van der Waals surface area contributed by atoms with Crippen molar-refractivity contribution in [3.8, 4) is 11.4 Å². The molecule has 0 bridgehead atoms. The monoisotopic (exact) mass is 306 g/mol. The minimum absolute atomic E-state index is 0.323. The van der Waals surface area contributed by atoms with E-state index in [1.165, 1.54) is 0 Å². The topological polar surface area (TPSA) is 27.1 Å². The largest absolute Gasteiger partial charge is 0.497 e. The van der Waals surface area contributed by atoms with Gasteiger partial charge in [0.05, 0.1) is 24.0 Å². The molecule has 1 aromatic heterocycles. The van der Waals surface area contributed by atoms with Crippen LogP contribution in [0.4, 0.5) is 0 Å². The zero-order valence-electron chi connectivity index (χ0n) is 10.8. The van der Waals surface area contributed by atoms with Crippen LogP contribution in [0.15, 0.2) is 42.5 Å². The van der Waals surface area contributed by atoms with Gasteiger partial charge in [-0.2, -0.15) is 0 Å². The summed E-state index contributed by atoms with van der Waals surface area (Å²) < 4.78 is 7.28. The molecule has 3 aromatic rings. The van der Waals surface area contributed by atoms with Crippen molar-refractivity contribution >= 4 is 34.2 Å². The van der Waals surface area contributed by atoms with Crippen LogP contribution in [-0.4, -0.2) is 16.7 Å². The van der Waals surface area contributed by atoms with Gasteiger partial charge >= 0.3 is 0 Å². The molecule has 0 saturated heterocycles. The number of fused-ring (bicyclic) bond motifs is 1. The van der Waals surface area contributed by atoms with Crippen LogP contribution in [0.25, 0.3) is 16.7 Å². The molecule has 20 heavy (non-hydrogen) atoms. The first-order chi connectivity index (χ1) is 9.72. The van der Waals surface area contributed by atoms with E-state index >= 15 is 0 Å². The third kappa shape index (κ3) is 2.23. The fraction of sp³-hybridized carbons (Fsp3) is 0.133. The Kier molecular flexibility index (Phi) is 3.55. The number of alkyl halides is 1. The highest BCUT2D eigenvalue weighted by Crippen LogP contribution is 2.27. The molecule has 0 atom stereocenters. The molecule has 0 aliphatic carbocycles. The van der Waals surface area contributed by atoms with Crippen molar-refractivity contribution in [3.63, 3.8) is 0 Å². The highest BCUT2D eigenvalue weighted by molar-refractivity contribution is 6.30. The van der Waals surface area contributed by atoms with Crippen molar-refractivity contribution in [1.82, 2.24) is 9.55 Å². The first-order valence-corrected chi connectivity index (χ1v) is 7.01. The lowest BCUT2D eigenvalue weighted by molar-refractivity contribution is 0.415. The van der Waals surface area contributed by atoms with Gasteiger partial charge in [0.25, 0.3) is 0 Å². The summed E-state index contributed by atoms with van der Waals surface area (Å²) in [6.45, 7) is 0. The molecule has 0 spiro atoms. The number of aromatic nitrogens is 2. The molecule has 0 N–H and O–H groups in total. The third-order valence-electron chi connectivity index (χ3n) is 3.12. The van der Waals surface area contributed by atoms with E-state index in [1.54, 1.807) is 7.11 Å². The van der Waals surface area contributed by atoms with Crippen molar-refractivity contribution in [2.24, 2.45) is 0 Å². The van der Waals surface area contributed by atoms with E-state index in [2.05, 4.69) is 4.98 Å². The van der Waals surface area contributed by atoms with Gasteiger partial charge < -0.3 is 4.74 Å². The minimum Gasteiger partial charge on any atom is -0.497 e. The Labute approximate surface area is 126 Å². The normalized spacial score (nSPS) is 10.9. The maximum absolute atomic E-state index is 6.08. The van der Waals surface area contributed by atoms with Gasteiger partial charge in [-0.25, -0.2) is 4.98 Å². The van der Waals surface area contributed by atoms with Gasteiger partial charge in [-0.1, -0.05) is 17.7 Å². The first-order valence-electron chi connectivity index (χ1n) is 6.10. The third-order valence-corrected chi connectivity index (χ3v) is 3.59. The number of ether oxygens (including phenoxy) is 1. The molecule has 0 unspecified atom stereocenters. The quantitative estimate of drug-likeness (QED) is 0.669. The molecule has 0 aliphatic rings. The zero-order valence-corrected chi connectivity index (χ0v) is 12.3. The fourth-order valence-corrected chi connectivity index (χ4v) is 2.59. The van der Waals surface area contributed by atoms with E-state index in [1.807, 2.05) is 47.0 Å².